The van der Waals surface area contributed by atoms with E-state index in [0.29, 0.717) is 0 Å². The zero-order chi connectivity index (χ0) is 14.8. The summed E-state index contributed by atoms with van der Waals surface area (Å²) < 4.78 is 5.27. The highest BCUT2D eigenvalue weighted by atomic mass is 16.5. The van der Waals surface area contributed by atoms with Crippen LogP contribution < -0.4 is 5.32 Å². The number of aryl methyl sites for hydroxylation is 1. The molecule has 3 heteroatoms. The molecule has 1 aromatic carbocycles. The lowest BCUT2D eigenvalue weighted by molar-refractivity contribution is 0.129. The summed E-state index contributed by atoms with van der Waals surface area (Å²) in [5, 5.41) is 3.45. The van der Waals surface area contributed by atoms with Crippen molar-refractivity contribution in [1.29, 1.82) is 0 Å². The molecular formula is C18H30N2O. The standard InChI is InChI=1S/C18H30N2O/c1-21-15-14-20(16-18-9-11-19-12-10-18)13-5-8-17-6-3-2-4-7-17/h2-4,6-7,18-19H,5,8-16H2,1H3. The van der Waals surface area contributed by atoms with Crippen molar-refractivity contribution in [3.8, 4) is 0 Å². The van der Waals surface area contributed by atoms with Gasteiger partial charge in [-0.1, -0.05) is 30.3 Å². The van der Waals surface area contributed by atoms with Gasteiger partial charge in [0.25, 0.3) is 0 Å². The van der Waals surface area contributed by atoms with Crippen LogP contribution in [0.1, 0.15) is 24.8 Å². The van der Waals surface area contributed by atoms with Crippen molar-refractivity contribution in [1.82, 2.24) is 10.2 Å². The van der Waals surface area contributed by atoms with Crippen molar-refractivity contribution in [2.75, 3.05) is 46.4 Å². The van der Waals surface area contributed by atoms with Gasteiger partial charge >= 0.3 is 0 Å². The van der Waals surface area contributed by atoms with Gasteiger partial charge in [-0.15, -0.1) is 0 Å². The van der Waals surface area contributed by atoms with Gasteiger partial charge in [-0.3, -0.25) is 0 Å². The highest BCUT2D eigenvalue weighted by molar-refractivity contribution is 5.14. The van der Waals surface area contributed by atoms with Gasteiger partial charge in [0.2, 0.25) is 0 Å². The van der Waals surface area contributed by atoms with E-state index in [9.17, 15) is 0 Å². The third-order valence-corrected chi connectivity index (χ3v) is 4.37. The van der Waals surface area contributed by atoms with Crippen molar-refractivity contribution >= 4 is 0 Å². The van der Waals surface area contributed by atoms with Gasteiger partial charge in [0.1, 0.15) is 0 Å². The normalized spacial score (nSPS) is 16.5. The summed E-state index contributed by atoms with van der Waals surface area (Å²) in [6.07, 6.45) is 5.06. The number of nitrogens with one attached hydrogen (secondary N) is 1. The van der Waals surface area contributed by atoms with Crippen LogP contribution in [0, 0.1) is 5.92 Å². The minimum atomic E-state index is 0.844. The topological polar surface area (TPSA) is 24.5 Å². The molecule has 1 N–H and O–H groups in total. The van der Waals surface area contributed by atoms with E-state index >= 15 is 0 Å². The highest BCUT2D eigenvalue weighted by Gasteiger charge is 2.16. The summed E-state index contributed by atoms with van der Waals surface area (Å²) in [5.41, 5.74) is 1.45. The van der Waals surface area contributed by atoms with Crippen molar-refractivity contribution in [2.45, 2.75) is 25.7 Å². The van der Waals surface area contributed by atoms with Crippen LogP contribution in [0.15, 0.2) is 30.3 Å². The van der Waals surface area contributed by atoms with Gasteiger partial charge in [0, 0.05) is 20.2 Å². The molecule has 3 nitrogen and oxygen atoms in total. The molecule has 1 aromatic rings. The van der Waals surface area contributed by atoms with Crippen LogP contribution in [0.4, 0.5) is 0 Å². The van der Waals surface area contributed by atoms with Crippen molar-refractivity contribution in [3.05, 3.63) is 35.9 Å². The minimum absolute atomic E-state index is 0.844. The number of methoxy groups -OCH3 is 1. The molecular weight excluding hydrogens is 260 g/mol. The van der Waals surface area contributed by atoms with Gasteiger partial charge < -0.3 is 15.0 Å². The maximum Gasteiger partial charge on any atom is 0.0589 e. The molecule has 0 spiro atoms. The largest absolute Gasteiger partial charge is 0.383 e. The average Bonchev–Trinajstić information content (AvgIpc) is 2.54. The first-order chi connectivity index (χ1) is 10.4. The molecule has 1 heterocycles. The number of ether oxygens (including phenoxy) is 1. The third kappa shape index (κ3) is 6.60. The van der Waals surface area contributed by atoms with E-state index in [4.69, 9.17) is 4.74 Å². The second kappa shape index (κ2) is 9.93. The molecule has 1 aliphatic heterocycles. The molecule has 0 unspecified atom stereocenters. The lowest BCUT2D eigenvalue weighted by Crippen LogP contribution is -2.38. The van der Waals surface area contributed by atoms with E-state index in [0.717, 1.165) is 19.1 Å². The lowest BCUT2D eigenvalue weighted by Gasteiger charge is -2.30. The number of piperidine rings is 1. The van der Waals surface area contributed by atoms with Crippen LogP contribution in [-0.2, 0) is 11.2 Å². The maximum absolute atomic E-state index is 5.27. The van der Waals surface area contributed by atoms with E-state index in [2.05, 4.69) is 40.5 Å². The van der Waals surface area contributed by atoms with Crippen LogP contribution in [0.3, 0.4) is 0 Å². The Morgan fingerprint density at radius 3 is 2.62 bits per heavy atom. The van der Waals surface area contributed by atoms with Crippen LogP contribution in [0.2, 0.25) is 0 Å². The molecule has 1 aliphatic rings. The van der Waals surface area contributed by atoms with Crippen molar-refractivity contribution < 1.29 is 4.74 Å². The number of nitrogens with zero attached hydrogens (tertiary/aromatic N) is 1. The van der Waals surface area contributed by atoms with Crippen molar-refractivity contribution in [3.63, 3.8) is 0 Å². The Kier molecular flexibility index (Phi) is 7.79. The second-order valence-electron chi connectivity index (χ2n) is 6.08. The summed E-state index contributed by atoms with van der Waals surface area (Å²) in [7, 11) is 1.80. The smallest absolute Gasteiger partial charge is 0.0589 e. The Morgan fingerprint density at radius 2 is 1.90 bits per heavy atom. The Labute approximate surface area is 129 Å². The Balaban J connectivity index is 1.72. The van der Waals surface area contributed by atoms with E-state index < -0.39 is 0 Å². The average molecular weight is 290 g/mol. The summed E-state index contributed by atoms with van der Waals surface area (Å²) in [6.45, 7) is 6.70. The first-order valence-electron chi connectivity index (χ1n) is 8.34. The fourth-order valence-electron chi connectivity index (χ4n) is 3.10. The third-order valence-electron chi connectivity index (χ3n) is 4.37. The lowest BCUT2D eigenvalue weighted by atomic mass is 9.97. The predicted molar refractivity (Wildman–Crippen MR) is 88.7 cm³/mol. The van der Waals surface area contributed by atoms with Gasteiger partial charge in [-0.05, 0) is 56.8 Å². The molecule has 0 bridgehead atoms. The molecule has 1 saturated heterocycles. The number of benzene rings is 1. The monoisotopic (exact) mass is 290 g/mol. The number of hydrogen-bond acceptors (Lipinski definition) is 3. The van der Waals surface area contributed by atoms with Crippen LogP contribution in [0.25, 0.3) is 0 Å². The number of rotatable bonds is 9. The van der Waals surface area contributed by atoms with Crippen LogP contribution in [-0.4, -0.2) is 51.3 Å². The van der Waals surface area contributed by atoms with Gasteiger partial charge in [-0.2, -0.15) is 0 Å². The van der Waals surface area contributed by atoms with Gasteiger partial charge in [0.05, 0.1) is 6.61 Å². The molecule has 0 amide bonds. The van der Waals surface area contributed by atoms with Crippen LogP contribution in [0.5, 0.6) is 0 Å². The molecule has 0 aliphatic carbocycles. The Morgan fingerprint density at radius 1 is 1.14 bits per heavy atom. The minimum Gasteiger partial charge on any atom is -0.383 e. The maximum atomic E-state index is 5.27. The SMILES string of the molecule is COCCN(CCCc1ccccc1)CC1CCNCC1. The molecule has 2 rings (SSSR count). The summed E-state index contributed by atoms with van der Waals surface area (Å²) in [4.78, 5) is 2.60. The fraction of sp³-hybridized carbons (Fsp3) is 0.667. The molecule has 118 valence electrons. The van der Waals surface area contributed by atoms with E-state index in [1.807, 2.05) is 0 Å². The summed E-state index contributed by atoms with van der Waals surface area (Å²) in [5.74, 6) is 0.861. The van der Waals surface area contributed by atoms with E-state index in [1.165, 1.54) is 57.4 Å². The summed E-state index contributed by atoms with van der Waals surface area (Å²) >= 11 is 0. The van der Waals surface area contributed by atoms with Gasteiger partial charge in [-0.25, -0.2) is 0 Å². The molecule has 1 fully saturated rings. The molecule has 0 radical (unpaired) electrons. The van der Waals surface area contributed by atoms with Gasteiger partial charge in [0.15, 0.2) is 0 Å². The quantitative estimate of drug-likeness (QED) is 0.756. The first-order valence-corrected chi connectivity index (χ1v) is 8.34. The molecule has 0 aromatic heterocycles. The molecule has 0 saturated carbocycles. The van der Waals surface area contributed by atoms with Crippen molar-refractivity contribution in [2.24, 2.45) is 5.92 Å². The predicted octanol–water partition coefficient (Wildman–Crippen LogP) is 2.57. The Hall–Kier alpha value is -0.900. The Bertz CT molecular complexity index is 363. The van der Waals surface area contributed by atoms with E-state index in [-0.39, 0.29) is 0 Å². The fourth-order valence-corrected chi connectivity index (χ4v) is 3.10. The molecule has 0 atom stereocenters. The molecule has 21 heavy (non-hydrogen) atoms. The highest BCUT2D eigenvalue weighted by Crippen LogP contribution is 2.14. The summed E-state index contributed by atoms with van der Waals surface area (Å²) in [6, 6.07) is 10.8. The van der Waals surface area contributed by atoms with Crippen LogP contribution >= 0.6 is 0 Å². The van der Waals surface area contributed by atoms with E-state index in [1.54, 1.807) is 7.11 Å². The first kappa shape index (κ1) is 16.5. The zero-order valence-corrected chi connectivity index (χ0v) is 13.4. The number of hydrogen-bond donors (Lipinski definition) is 1. The zero-order valence-electron chi connectivity index (χ0n) is 13.4. The second-order valence-corrected chi connectivity index (χ2v) is 6.08.